The maximum absolute atomic E-state index is 13.8. The topological polar surface area (TPSA) is 71.1 Å². The molecule has 5 rings (SSSR count). The summed E-state index contributed by atoms with van der Waals surface area (Å²) in [5.74, 6) is 1.44. The summed E-state index contributed by atoms with van der Waals surface area (Å²) in [7, 11) is 0. The third-order valence-corrected chi connectivity index (χ3v) is 9.06. The van der Waals surface area contributed by atoms with Gasteiger partial charge in [0, 0.05) is 24.1 Å². The Kier molecular flexibility index (Phi) is 16.5. The largest absolute Gasteiger partial charge is 0.489 e. The molecule has 0 N–H and O–H groups in total. The van der Waals surface area contributed by atoms with Gasteiger partial charge in [-0.05, 0) is 59.5 Å². The molecule has 6 nitrogen and oxygen atoms in total. The van der Waals surface area contributed by atoms with Crippen molar-refractivity contribution in [2.24, 2.45) is 0 Å². The van der Waals surface area contributed by atoms with Gasteiger partial charge < -0.3 is 18.9 Å². The predicted molar refractivity (Wildman–Crippen MR) is 216 cm³/mol. The minimum absolute atomic E-state index is 0.238. The van der Waals surface area contributed by atoms with Crippen LogP contribution in [0.3, 0.4) is 0 Å². The molecule has 0 aliphatic heterocycles. The molecular formula is C48H52O6. The van der Waals surface area contributed by atoms with Crippen molar-refractivity contribution in [2.75, 3.05) is 0 Å². The Balaban J connectivity index is 1.26. The van der Waals surface area contributed by atoms with E-state index in [1.807, 2.05) is 91.0 Å². The predicted octanol–water partition coefficient (Wildman–Crippen LogP) is 12.1. The smallest absolute Gasteiger partial charge is 0.311 e. The van der Waals surface area contributed by atoms with E-state index in [4.69, 9.17) is 18.9 Å². The van der Waals surface area contributed by atoms with Crippen LogP contribution >= 0.6 is 0 Å². The minimum atomic E-state index is -0.260. The Hall–Kier alpha value is -5.62. The van der Waals surface area contributed by atoms with Gasteiger partial charge in [0.2, 0.25) is 0 Å². The summed E-state index contributed by atoms with van der Waals surface area (Å²) >= 11 is 0. The highest BCUT2D eigenvalue weighted by atomic mass is 16.5. The third kappa shape index (κ3) is 13.7. The number of allylic oxidation sites excluding steroid dienone is 1. The van der Waals surface area contributed by atoms with Gasteiger partial charge in [-0.1, -0.05) is 149 Å². The zero-order valence-electron chi connectivity index (χ0n) is 31.4. The average Bonchev–Trinajstić information content (AvgIpc) is 3.21. The van der Waals surface area contributed by atoms with Crippen molar-refractivity contribution >= 4 is 17.8 Å². The van der Waals surface area contributed by atoms with Crippen LogP contribution in [0.4, 0.5) is 0 Å². The molecule has 6 heteroatoms. The zero-order chi connectivity index (χ0) is 37.6. The average molecular weight is 725 g/mol. The van der Waals surface area contributed by atoms with Crippen LogP contribution in [0, 0.1) is 0 Å². The lowest BCUT2D eigenvalue weighted by Crippen LogP contribution is -2.08. The van der Waals surface area contributed by atoms with Crippen LogP contribution in [0.15, 0.2) is 133 Å². The van der Waals surface area contributed by atoms with Gasteiger partial charge in [0.25, 0.3) is 0 Å². The number of ether oxygens (including phenoxy) is 4. The molecule has 54 heavy (non-hydrogen) atoms. The molecule has 0 aliphatic rings. The summed E-state index contributed by atoms with van der Waals surface area (Å²) in [4.78, 5) is 26.5. The van der Waals surface area contributed by atoms with Crippen molar-refractivity contribution < 1.29 is 28.5 Å². The van der Waals surface area contributed by atoms with Crippen LogP contribution in [0.1, 0.15) is 104 Å². The first kappa shape index (κ1) is 39.6. The highest BCUT2D eigenvalue weighted by Gasteiger charge is 2.15. The highest BCUT2D eigenvalue weighted by Crippen LogP contribution is 2.30. The summed E-state index contributed by atoms with van der Waals surface area (Å²) in [5, 5.41) is 0. The molecule has 0 aromatic heterocycles. The number of rotatable bonds is 23. The summed E-state index contributed by atoms with van der Waals surface area (Å²) < 4.78 is 24.2. The lowest BCUT2D eigenvalue weighted by molar-refractivity contribution is -0.134. The number of unbranched alkanes of at least 4 members (excludes halogenated alkanes) is 8. The van der Waals surface area contributed by atoms with E-state index in [1.54, 1.807) is 42.5 Å². The fraction of sp³-hybridized carbons (Fsp3) is 0.292. The number of carbonyl (C=O) groups is 2. The summed E-state index contributed by atoms with van der Waals surface area (Å²) in [6.45, 7) is 3.23. The molecule has 0 amide bonds. The maximum Gasteiger partial charge on any atom is 0.311 e. The Morgan fingerprint density at radius 1 is 0.519 bits per heavy atom. The number of ketones is 1. The molecule has 0 radical (unpaired) electrons. The van der Waals surface area contributed by atoms with E-state index in [9.17, 15) is 9.59 Å². The molecule has 0 aliphatic carbocycles. The molecule has 5 aromatic rings. The van der Waals surface area contributed by atoms with E-state index in [1.165, 1.54) is 44.6 Å². The van der Waals surface area contributed by atoms with Gasteiger partial charge in [-0.2, -0.15) is 0 Å². The molecule has 5 aromatic carbocycles. The number of hydrogen-bond acceptors (Lipinski definition) is 6. The lowest BCUT2D eigenvalue weighted by atomic mass is 10.1. The van der Waals surface area contributed by atoms with Gasteiger partial charge in [-0.3, -0.25) is 9.59 Å². The van der Waals surface area contributed by atoms with E-state index in [0.29, 0.717) is 60.4 Å². The SMILES string of the molecule is CCCCCCCCCCCC(=O)Oc1ccc(C=CC(=O)c2ccc(OCc3ccccc3)cc2OCc2ccccc2)c(OCc2ccccc2)c1. The zero-order valence-corrected chi connectivity index (χ0v) is 31.4. The van der Waals surface area contributed by atoms with Crippen molar-refractivity contribution in [2.45, 2.75) is 91.0 Å². The Labute approximate surface area is 320 Å². The van der Waals surface area contributed by atoms with Crippen molar-refractivity contribution in [3.05, 3.63) is 161 Å². The first-order valence-corrected chi connectivity index (χ1v) is 19.3. The van der Waals surface area contributed by atoms with Crippen LogP contribution in [0.2, 0.25) is 0 Å². The molecule has 0 spiro atoms. The standard InChI is InChI=1S/C48H52O6/c1-2-3-4-5-6-7-8-9-19-26-48(50)54-43-29-27-41(46(34-43)52-36-39-22-15-11-16-23-39)28-32-45(49)44-31-30-42(51-35-38-20-13-10-14-21-38)33-47(44)53-37-40-24-17-12-18-25-40/h10-18,20-25,27-34H,2-9,19,26,35-37H2,1H3. The molecule has 0 fully saturated rings. The molecular weight excluding hydrogens is 673 g/mol. The fourth-order valence-corrected chi connectivity index (χ4v) is 5.99. The number of hydrogen-bond donors (Lipinski definition) is 0. The van der Waals surface area contributed by atoms with Gasteiger partial charge in [0.15, 0.2) is 5.78 Å². The third-order valence-electron chi connectivity index (χ3n) is 9.06. The van der Waals surface area contributed by atoms with Crippen LogP contribution in [0.5, 0.6) is 23.0 Å². The van der Waals surface area contributed by atoms with Crippen LogP contribution in [0.25, 0.3) is 6.08 Å². The van der Waals surface area contributed by atoms with E-state index in [0.717, 1.165) is 36.0 Å². The first-order chi connectivity index (χ1) is 26.6. The molecule has 0 heterocycles. The lowest BCUT2D eigenvalue weighted by Gasteiger charge is -2.14. The Morgan fingerprint density at radius 2 is 1.02 bits per heavy atom. The molecule has 0 unspecified atom stereocenters. The number of benzene rings is 5. The van der Waals surface area contributed by atoms with Gasteiger partial charge in [-0.25, -0.2) is 0 Å². The van der Waals surface area contributed by atoms with E-state index >= 15 is 0 Å². The summed E-state index contributed by atoms with van der Waals surface area (Å²) in [6, 6.07) is 40.1. The van der Waals surface area contributed by atoms with Crippen molar-refractivity contribution in [3.63, 3.8) is 0 Å². The Bertz CT molecular complexity index is 1890. The second-order valence-corrected chi connectivity index (χ2v) is 13.4. The second kappa shape index (κ2) is 22.4. The van der Waals surface area contributed by atoms with Gasteiger partial charge in [0.05, 0.1) is 5.56 Å². The monoisotopic (exact) mass is 724 g/mol. The molecule has 0 atom stereocenters. The molecule has 0 bridgehead atoms. The van der Waals surface area contributed by atoms with Gasteiger partial charge in [0.1, 0.15) is 42.8 Å². The summed E-state index contributed by atoms with van der Waals surface area (Å²) in [6.07, 6.45) is 14.2. The molecule has 280 valence electrons. The van der Waals surface area contributed by atoms with Gasteiger partial charge in [-0.15, -0.1) is 0 Å². The Morgan fingerprint density at radius 3 is 1.61 bits per heavy atom. The quantitative estimate of drug-likeness (QED) is 0.0220. The minimum Gasteiger partial charge on any atom is -0.489 e. The van der Waals surface area contributed by atoms with E-state index in [2.05, 4.69) is 6.92 Å². The highest BCUT2D eigenvalue weighted by molar-refractivity contribution is 6.08. The van der Waals surface area contributed by atoms with Crippen molar-refractivity contribution in [1.82, 2.24) is 0 Å². The van der Waals surface area contributed by atoms with Crippen molar-refractivity contribution in [1.29, 1.82) is 0 Å². The second-order valence-electron chi connectivity index (χ2n) is 13.4. The summed E-state index contributed by atoms with van der Waals surface area (Å²) in [5.41, 5.74) is 4.09. The van der Waals surface area contributed by atoms with Crippen LogP contribution in [-0.4, -0.2) is 11.8 Å². The molecule has 0 saturated carbocycles. The van der Waals surface area contributed by atoms with E-state index in [-0.39, 0.29) is 11.8 Å². The van der Waals surface area contributed by atoms with Crippen LogP contribution in [-0.2, 0) is 24.6 Å². The normalized spacial score (nSPS) is 11.0. The maximum atomic E-state index is 13.8. The van der Waals surface area contributed by atoms with Crippen molar-refractivity contribution in [3.8, 4) is 23.0 Å². The number of carbonyl (C=O) groups excluding carboxylic acids is 2. The van der Waals surface area contributed by atoms with Gasteiger partial charge >= 0.3 is 5.97 Å². The van der Waals surface area contributed by atoms with Crippen LogP contribution < -0.4 is 18.9 Å². The fourth-order valence-electron chi connectivity index (χ4n) is 5.99. The molecule has 0 saturated heterocycles. The first-order valence-electron chi connectivity index (χ1n) is 19.3. The number of esters is 1. The van der Waals surface area contributed by atoms with E-state index < -0.39 is 0 Å².